The summed E-state index contributed by atoms with van der Waals surface area (Å²) in [4.78, 5) is 9.06. The number of furan rings is 1. The quantitative estimate of drug-likeness (QED) is 0.683. The zero-order valence-corrected chi connectivity index (χ0v) is 14.7. The normalized spacial score (nSPS) is 15.7. The lowest BCUT2D eigenvalue weighted by Crippen LogP contribution is -2.52. The van der Waals surface area contributed by atoms with Gasteiger partial charge in [0, 0.05) is 56.9 Å². The lowest BCUT2D eigenvalue weighted by atomic mass is 10.2. The molecule has 1 aromatic carbocycles. The Morgan fingerprint density at radius 3 is 2.71 bits per heavy atom. The van der Waals surface area contributed by atoms with E-state index in [-0.39, 0.29) is 0 Å². The number of hydrogen-bond acceptors (Lipinski definition) is 3. The molecule has 0 radical (unpaired) electrons. The summed E-state index contributed by atoms with van der Waals surface area (Å²) in [5.41, 5.74) is 1.18. The maximum atomic E-state index is 6.09. The number of guanidine groups is 1. The number of benzene rings is 1. The lowest BCUT2D eigenvalue weighted by molar-refractivity contribution is 0.372. The summed E-state index contributed by atoms with van der Waals surface area (Å²) in [5.74, 6) is 1.94. The Bertz CT molecular complexity index is 663. The Hall–Kier alpha value is -2.14. The van der Waals surface area contributed by atoms with Gasteiger partial charge in [-0.2, -0.15) is 0 Å². The first-order valence-electron chi connectivity index (χ1n) is 8.25. The van der Waals surface area contributed by atoms with Crippen molar-refractivity contribution in [1.82, 2.24) is 10.2 Å². The van der Waals surface area contributed by atoms with Crippen molar-refractivity contribution in [3.63, 3.8) is 0 Å². The highest BCUT2D eigenvalue weighted by Gasteiger charge is 2.19. The number of nitrogens with one attached hydrogen (secondary N) is 1. The number of piperazine rings is 1. The van der Waals surface area contributed by atoms with E-state index in [1.165, 1.54) is 5.69 Å². The van der Waals surface area contributed by atoms with E-state index in [2.05, 4.69) is 26.2 Å². The van der Waals surface area contributed by atoms with Gasteiger partial charge in [-0.05, 0) is 30.3 Å². The van der Waals surface area contributed by atoms with Gasteiger partial charge in [-0.15, -0.1) is 0 Å². The fraction of sp³-hybridized carbons (Fsp3) is 0.389. The van der Waals surface area contributed by atoms with Crippen molar-refractivity contribution >= 4 is 23.2 Å². The fourth-order valence-corrected chi connectivity index (χ4v) is 3.12. The van der Waals surface area contributed by atoms with Gasteiger partial charge in [0.1, 0.15) is 5.76 Å². The summed E-state index contributed by atoms with van der Waals surface area (Å²) < 4.78 is 5.36. The summed E-state index contributed by atoms with van der Waals surface area (Å²) in [6.07, 6.45) is 2.56. The zero-order valence-electron chi connectivity index (χ0n) is 13.9. The van der Waals surface area contributed by atoms with E-state index < -0.39 is 0 Å². The van der Waals surface area contributed by atoms with Gasteiger partial charge in [-0.25, -0.2) is 0 Å². The van der Waals surface area contributed by atoms with Crippen molar-refractivity contribution in [3.05, 3.63) is 53.4 Å². The summed E-state index contributed by atoms with van der Waals surface area (Å²) in [7, 11) is 1.83. The minimum Gasteiger partial charge on any atom is -0.469 e. The van der Waals surface area contributed by atoms with Crippen LogP contribution in [0.3, 0.4) is 0 Å². The molecular formula is C18H23ClN4O. The first kappa shape index (κ1) is 16.7. The molecule has 0 spiro atoms. The van der Waals surface area contributed by atoms with Gasteiger partial charge in [-0.1, -0.05) is 17.7 Å². The molecule has 3 rings (SSSR count). The zero-order chi connectivity index (χ0) is 16.8. The molecule has 0 saturated carbocycles. The summed E-state index contributed by atoms with van der Waals surface area (Å²) in [6.45, 7) is 4.60. The van der Waals surface area contributed by atoms with Crippen molar-refractivity contribution in [2.24, 2.45) is 4.99 Å². The van der Waals surface area contributed by atoms with Crippen LogP contribution in [0.4, 0.5) is 5.69 Å². The van der Waals surface area contributed by atoms with Gasteiger partial charge in [0.2, 0.25) is 0 Å². The molecule has 1 aliphatic rings. The molecule has 24 heavy (non-hydrogen) atoms. The molecule has 0 atom stereocenters. The van der Waals surface area contributed by atoms with Crippen LogP contribution in [0, 0.1) is 0 Å². The van der Waals surface area contributed by atoms with Crippen LogP contribution in [0.15, 0.2) is 52.1 Å². The Morgan fingerprint density at radius 1 is 1.21 bits per heavy atom. The fourth-order valence-electron chi connectivity index (χ4n) is 2.93. The van der Waals surface area contributed by atoms with Crippen LogP contribution in [-0.2, 0) is 6.42 Å². The third-order valence-electron chi connectivity index (χ3n) is 4.20. The highest BCUT2D eigenvalue weighted by atomic mass is 35.5. The third kappa shape index (κ3) is 4.23. The SMILES string of the molecule is CN=C(NCCc1ccco1)N1CCN(c2cccc(Cl)c2)CC1. The number of rotatable bonds is 4. The Kier molecular flexibility index (Phi) is 5.64. The summed E-state index contributed by atoms with van der Waals surface area (Å²) in [6, 6.07) is 11.9. The van der Waals surface area contributed by atoms with Gasteiger partial charge < -0.3 is 19.5 Å². The van der Waals surface area contributed by atoms with E-state index in [0.29, 0.717) is 0 Å². The van der Waals surface area contributed by atoms with Crippen molar-refractivity contribution < 1.29 is 4.42 Å². The van der Waals surface area contributed by atoms with E-state index >= 15 is 0 Å². The molecule has 0 bridgehead atoms. The maximum absolute atomic E-state index is 6.09. The Labute approximate surface area is 147 Å². The van der Waals surface area contributed by atoms with E-state index in [9.17, 15) is 0 Å². The largest absolute Gasteiger partial charge is 0.469 e. The summed E-state index contributed by atoms with van der Waals surface area (Å²) >= 11 is 6.09. The lowest BCUT2D eigenvalue weighted by Gasteiger charge is -2.37. The van der Waals surface area contributed by atoms with Gasteiger partial charge in [0.15, 0.2) is 5.96 Å². The predicted octanol–water partition coefficient (Wildman–Crippen LogP) is 2.87. The van der Waals surface area contributed by atoms with Crippen LogP contribution < -0.4 is 10.2 Å². The second kappa shape index (κ2) is 8.11. The standard InChI is InChI=1S/C18H23ClN4O/c1-20-18(21-8-7-17-6-3-13-24-17)23-11-9-22(10-12-23)16-5-2-4-15(19)14-16/h2-6,13-14H,7-12H2,1H3,(H,20,21). The van der Waals surface area contributed by atoms with Crippen molar-refractivity contribution in [1.29, 1.82) is 0 Å². The molecule has 6 heteroatoms. The molecule has 2 heterocycles. The smallest absolute Gasteiger partial charge is 0.193 e. The van der Waals surface area contributed by atoms with E-state index in [4.69, 9.17) is 16.0 Å². The van der Waals surface area contributed by atoms with Crippen LogP contribution in [0.25, 0.3) is 0 Å². The van der Waals surface area contributed by atoms with E-state index in [0.717, 1.165) is 55.9 Å². The predicted molar refractivity (Wildman–Crippen MR) is 99.0 cm³/mol. The number of hydrogen-bond donors (Lipinski definition) is 1. The highest BCUT2D eigenvalue weighted by molar-refractivity contribution is 6.30. The average Bonchev–Trinajstić information content (AvgIpc) is 3.12. The Morgan fingerprint density at radius 2 is 2.04 bits per heavy atom. The van der Waals surface area contributed by atoms with E-state index in [1.54, 1.807) is 6.26 Å². The van der Waals surface area contributed by atoms with Crippen LogP contribution >= 0.6 is 11.6 Å². The minimum atomic E-state index is 0.783. The van der Waals surface area contributed by atoms with Crippen molar-refractivity contribution in [2.45, 2.75) is 6.42 Å². The molecule has 2 aromatic rings. The van der Waals surface area contributed by atoms with Crippen molar-refractivity contribution in [3.8, 4) is 0 Å². The number of aliphatic imine (C=N–C) groups is 1. The number of nitrogens with zero attached hydrogens (tertiary/aromatic N) is 3. The topological polar surface area (TPSA) is 44.0 Å². The first-order chi connectivity index (χ1) is 11.8. The first-order valence-corrected chi connectivity index (χ1v) is 8.62. The second-order valence-corrected chi connectivity index (χ2v) is 6.19. The maximum Gasteiger partial charge on any atom is 0.193 e. The summed E-state index contributed by atoms with van der Waals surface area (Å²) in [5, 5.41) is 4.20. The van der Waals surface area contributed by atoms with Crippen LogP contribution in [0.2, 0.25) is 5.02 Å². The number of anilines is 1. The van der Waals surface area contributed by atoms with Gasteiger partial charge in [0.05, 0.1) is 6.26 Å². The van der Waals surface area contributed by atoms with Crippen molar-refractivity contribution in [2.75, 3.05) is 44.7 Å². The van der Waals surface area contributed by atoms with Gasteiger partial charge in [-0.3, -0.25) is 4.99 Å². The molecule has 1 N–H and O–H groups in total. The Balaban J connectivity index is 1.49. The van der Waals surface area contributed by atoms with Crippen LogP contribution in [-0.4, -0.2) is 50.6 Å². The molecule has 0 aliphatic carbocycles. The second-order valence-electron chi connectivity index (χ2n) is 5.76. The molecule has 1 aromatic heterocycles. The molecule has 1 fully saturated rings. The molecular weight excluding hydrogens is 324 g/mol. The van der Waals surface area contributed by atoms with Crippen LogP contribution in [0.5, 0.6) is 0 Å². The number of halogens is 1. The van der Waals surface area contributed by atoms with Gasteiger partial charge in [0.25, 0.3) is 0 Å². The minimum absolute atomic E-state index is 0.783. The molecule has 0 amide bonds. The monoisotopic (exact) mass is 346 g/mol. The van der Waals surface area contributed by atoms with Gasteiger partial charge >= 0.3 is 0 Å². The highest BCUT2D eigenvalue weighted by Crippen LogP contribution is 2.20. The van der Waals surface area contributed by atoms with E-state index in [1.807, 2.05) is 37.4 Å². The molecule has 1 saturated heterocycles. The molecule has 5 nitrogen and oxygen atoms in total. The molecule has 0 unspecified atom stereocenters. The third-order valence-corrected chi connectivity index (χ3v) is 4.43. The average molecular weight is 347 g/mol. The van der Waals surface area contributed by atoms with Crippen LogP contribution in [0.1, 0.15) is 5.76 Å². The molecule has 128 valence electrons. The molecule has 1 aliphatic heterocycles.